The summed E-state index contributed by atoms with van der Waals surface area (Å²) in [6, 6.07) is 19.2. The van der Waals surface area contributed by atoms with Gasteiger partial charge in [0, 0.05) is 22.9 Å². The molecule has 1 aromatic heterocycles. The number of carbonyl (C=O) groups excluding carboxylic acids is 1. The minimum absolute atomic E-state index is 0.195. The zero-order chi connectivity index (χ0) is 22.3. The standard InChI is InChI=1S/C25H26Cl2N4O/c26-19-7-5-17(6-8-19)15-23(18-11-13-28-14-12-18)30-22-4-2-1-3-21(22)25(32)31-24-10-9-20(27)16-29-24/h1-10,16,18,23,28,30H,11-15H2,(H,29,31,32). The van der Waals surface area contributed by atoms with Crippen LogP contribution < -0.4 is 16.0 Å². The topological polar surface area (TPSA) is 66.0 Å². The Kier molecular flexibility index (Phi) is 7.63. The van der Waals surface area contributed by atoms with Gasteiger partial charge in [-0.2, -0.15) is 0 Å². The molecule has 5 nitrogen and oxygen atoms in total. The summed E-state index contributed by atoms with van der Waals surface area (Å²) in [6.45, 7) is 2.02. The van der Waals surface area contributed by atoms with Gasteiger partial charge in [0.15, 0.2) is 0 Å². The highest BCUT2D eigenvalue weighted by atomic mass is 35.5. The monoisotopic (exact) mass is 468 g/mol. The molecule has 1 unspecified atom stereocenters. The molecule has 166 valence electrons. The van der Waals surface area contributed by atoms with Crippen LogP contribution in [-0.2, 0) is 6.42 Å². The second-order valence-electron chi connectivity index (χ2n) is 8.03. The summed E-state index contributed by atoms with van der Waals surface area (Å²) in [4.78, 5) is 17.2. The normalized spacial score (nSPS) is 15.2. The molecule has 0 bridgehead atoms. The minimum atomic E-state index is -0.210. The van der Waals surface area contributed by atoms with Crippen molar-refractivity contribution in [3.8, 4) is 0 Å². The predicted molar refractivity (Wildman–Crippen MR) is 132 cm³/mol. The lowest BCUT2D eigenvalue weighted by Gasteiger charge is -2.33. The maximum absolute atomic E-state index is 13.0. The number of para-hydroxylation sites is 1. The van der Waals surface area contributed by atoms with Crippen LogP contribution in [0, 0.1) is 5.92 Å². The molecule has 1 aliphatic rings. The number of hydrogen-bond donors (Lipinski definition) is 3. The summed E-state index contributed by atoms with van der Waals surface area (Å²) < 4.78 is 0. The molecule has 4 rings (SSSR count). The number of rotatable bonds is 7. The summed E-state index contributed by atoms with van der Waals surface area (Å²) in [5.74, 6) is 0.754. The number of carbonyl (C=O) groups is 1. The third-order valence-corrected chi connectivity index (χ3v) is 6.28. The molecule has 0 radical (unpaired) electrons. The Balaban J connectivity index is 1.55. The Bertz CT molecular complexity index is 1030. The Morgan fingerprint density at radius 1 is 1.00 bits per heavy atom. The lowest BCUT2D eigenvalue weighted by Crippen LogP contribution is -2.39. The number of aromatic nitrogens is 1. The molecule has 1 amide bonds. The number of pyridine rings is 1. The van der Waals surface area contributed by atoms with Crippen LogP contribution in [0.2, 0.25) is 10.0 Å². The zero-order valence-corrected chi connectivity index (χ0v) is 19.2. The average Bonchev–Trinajstić information content (AvgIpc) is 2.82. The lowest BCUT2D eigenvalue weighted by molar-refractivity contribution is 0.102. The van der Waals surface area contributed by atoms with Crippen LogP contribution >= 0.6 is 23.2 Å². The van der Waals surface area contributed by atoms with Gasteiger partial charge in [0.1, 0.15) is 5.82 Å². The van der Waals surface area contributed by atoms with Gasteiger partial charge < -0.3 is 16.0 Å². The third kappa shape index (κ3) is 6.00. The Hall–Kier alpha value is -2.60. The van der Waals surface area contributed by atoms with Gasteiger partial charge in [-0.3, -0.25) is 4.79 Å². The molecule has 0 aliphatic carbocycles. The molecule has 1 aliphatic heterocycles. The first-order valence-electron chi connectivity index (χ1n) is 10.8. The van der Waals surface area contributed by atoms with Gasteiger partial charge in [0.2, 0.25) is 0 Å². The van der Waals surface area contributed by atoms with E-state index in [2.05, 4.69) is 33.1 Å². The van der Waals surface area contributed by atoms with Crippen LogP contribution in [0.3, 0.4) is 0 Å². The summed E-state index contributed by atoms with van der Waals surface area (Å²) in [7, 11) is 0. The van der Waals surface area contributed by atoms with Gasteiger partial charge in [-0.25, -0.2) is 4.98 Å². The highest BCUT2D eigenvalue weighted by Gasteiger charge is 2.25. The van der Waals surface area contributed by atoms with Crippen molar-refractivity contribution in [2.45, 2.75) is 25.3 Å². The van der Waals surface area contributed by atoms with Crippen molar-refractivity contribution in [2.75, 3.05) is 23.7 Å². The van der Waals surface area contributed by atoms with E-state index in [0.29, 0.717) is 22.3 Å². The fourth-order valence-corrected chi connectivity index (χ4v) is 4.33. The first-order chi connectivity index (χ1) is 15.6. The van der Waals surface area contributed by atoms with Crippen LogP contribution in [0.4, 0.5) is 11.5 Å². The van der Waals surface area contributed by atoms with Crippen LogP contribution in [0.25, 0.3) is 0 Å². The van der Waals surface area contributed by atoms with Gasteiger partial charge in [0.25, 0.3) is 5.91 Å². The predicted octanol–water partition coefficient (Wildman–Crippen LogP) is 5.66. The molecular formula is C25H26Cl2N4O. The van der Waals surface area contributed by atoms with Gasteiger partial charge in [-0.1, -0.05) is 47.5 Å². The van der Waals surface area contributed by atoms with Gasteiger partial charge >= 0.3 is 0 Å². The molecule has 0 saturated carbocycles. The van der Waals surface area contributed by atoms with Crippen molar-refractivity contribution in [3.05, 3.63) is 88.0 Å². The zero-order valence-electron chi connectivity index (χ0n) is 17.7. The van der Waals surface area contributed by atoms with Crippen molar-refractivity contribution in [1.82, 2.24) is 10.3 Å². The maximum Gasteiger partial charge on any atom is 0.258 e. The third-order valence-electron chi connectivity index (χ3n) is 5.80. The molecule has 3 aromatic rings. The van der Waals surface area contributed by atoms with Crippen molar-refractivity contribution in [2.24, 2.45) is 5.92 Å². The highest BCUT2D eigenvalue weighted by molar-refractivity contribution is 6.30. The van der Waals surface area contributed by atoms with E-state index in [-0.39, 0.29) is 11.9 Å². The molecule has 1 atom stereocenters. The number of benzene rings is 2. The summed E-state index contributed by atoms with van der Waals surface area (Å²) in [6.07, 6.45) is 4.56. The van der Waals surface area contributed by atoms with E-state index >= 15 is 0 Å². The second kappa shape index (κ2) is 10.8. The largest absolute Gasteiger partial charge is 0.381 e. The van der Waals surface area contributed by atoms with Crippen LogP contribution in [-0.4, -0.2) is 30.0 Å². The molecular weight excluding hydrogens is 443 g/mol. The number of nitrogens with zero attached hydrogens (tertiary/aromatic N) is 1. The number of nitrogens with one attached hydrogen (secondary N) is 3. The van der Waals surface area contributed by atoms with Crippen molar-refractivity contribution in [1.29, 1.82) is 0 Å². The first-order valence-corrected chi connectivity index (χ1v) is 11.6. The summed E-state index contributed by atoms with van der Waals surface area (Å²) in [5, 5.41) is 11.3. The molecule has 0 spiro atoms. The Labute approximate surface area is 198 Å². The molecule has 7 heteroatoms. The van der Waals surface area contributed by atoms with E-state index in [1.54, 1.807) is 12.1 Å². The van der Waals surface area contributed by atoms with Crippen molar-refractivity contribution >= 4 is 40.6 Å². The molecule has 32 heavy (non-hydrogen) atoms. The van der Waals surface area contributed by atoms with E-state index < -0.39 is 0 Å². The average molecular weight is 469 g/mol. The van der Waals surface area contributed by atoms with E-state index in [1.807, 2.05) is 36.4 Å². The fraction of sp³-hybridized carbons (Fsp3) is 0.280. The Morgan fingerprint density at radius 3 is 2.44 bits per heavy atom. The Morgan fingerprint density at radius 2 is 1.72 bits per heavy atom. The van der Waals surface area contributed by atoms with Crippen LogP contribution in [0.1, 0.15) is 28.8 Å². The van der Waals surface area contributed by atoms with E-state index in [4.69, 9.17) is 23.2 Å². The number of anilines is 2. The minimum Gasteiger partial charge on any atom is -0.381 e. The van der Waals surface area contributed by atoms with E-state index in [0.717, 1.165) is 43.1 Å². The van der Waals surface area contributed by atoms with Crippen LogP contribution in [0.15, 0.2) is 66.9 Å². The second-order valence-corrected chi connectivity index (χ2v) is 8.90. The lowest BCUT2D eigenvalue weighted by atomic mass is 9.86. The smallest absolute Gasteiger partial charge is 0.258 e. The van der Waals surface area contributed by atoms with Gasteiger partial charge in [-0.05, 0) is 80.2 Å². The van der Waals surface area contributed by atoms with Crippen molar-refractivity contribution in [3.63, 3.8) is 0 Å². The highest BCUT2D eigenvalue weighted by Crippen LogP contribution is 2.26. The maximum atomic E-state index is 13.0. The molecule has 1 saturated heterocycles. The number of piperidine rings is 1. The molecule has 3 N–H and O–H groups in total. The first kappa shape index (κ1) is 22.6. The van der Waals surface area contributed by atoms with Crippen LogP contribution in [0.5, 0.6) is 0 Å². The number of amides is 1. The number of halogens is 2. The summed E-state index contributed by atoms with van der Waals surface area (Å²) in [5.41, 5.74) is 2.62. The quantitative estimate of drug-likeness (QED) is 0.418. The van der Waals surface area contributed by atoms with E-state index in [1.165, 1.54) is 11.8 Å². The number of hydrogen-bond acceptors (Lipinski definition) is 4. The fourth-order valence-electron chi connectivity index (χ4n) is 4.10. The van der Waals surface area contributed by atoms with Crippen molar-refractivity contribution < 1.29 is 4.79 Å². The molecule has 2 heterocycles. The van der Waals surface area contributed by atoms with E-state index in [9.17, 15) is 4.79 Å². The molecule has 1 fully saturated rings. The van der Waals surface area contributed by atoms with Gasteiger partial charge in [0.05, 0.1) is 10.6 Å². The SMILES string of the molecule is O=C(Nc1ccc(Cl)cn1)c1ccccc1NC(Cc1ccc(Cl)cc1)C1CCNCC1. The summed E-state index contributed by atoms with van der Waals surface area (Å²) >= 11 is 12.0. The molecule has 2 aromatic carbocycles. The van der Waals surface area contributed by atoms with Gasteiger partial charge in [-0.15, -0.1) is 0 Å².